The predicted octanol–water partition coefficient (Wildman–Crippen LogP) is 0.684. The van der Waals surface area contributed by atoms with Crippen molar-refractivity contribution >= 4 is 11.6 Å². The number of hydrogen-bond donors (Lipinski definition) is 2. The van der Waals surface area contributed by atoms with E-state index in [1.165, 1.54) is 6.92 Å². The van der Waals surface area contributed by atoms with Crippen molar-refractivity contribution in [2.75, 3.05) is 25.1 Å². The van der Waals surface area contributed by atoms with Gasteiger partial charge in [0, 0.05) is 32.1 Å². The number of hydrogen-bond acceptors (Lipinski definition) is 4. The molecule has 0 aromatic heterocycles. The van der Waals surface area contributed by atoms with Gasteiger partial charge in [0.15, 0.2) is 0 Å². The van der Waals surface area contributed by atoms with Crippen LogP contribution in [0.1, 0.15) is 18.9 Å². The van der Waals surface area contributed by atoms with Crippen LogP contribution in [0.3, 0.4) is 0 Å². The average Bonchev–Trinajstić information content (AvgIpc) is 2.54. The summed E-state index contributed by atoms with van der Waals surface area (Å²) in [6, 6.07) is 5.54. The lowest BCUT2D eigenvalue weighted by molar-refractivity contribution is -0.116. The van der Waals surface area contributed by atoms with Crippen molar-refractivity contribution < 1.29 is 14.6 Å². The molecule has 1 amide bonds. The summed E-state index contributed by atoms with van der Waals surface area (Å²) in [4.78, 5) is 13.4. The molecule has 0 aliphatic carbocycles. The van der Waals surface area contributed by atoms with Crippen LogP contribution in [-0.2, 0) is 11.2 Å². The molecule has 5 heteroatoms. The van der Waals surface area contributed by atoms with Crippen LogP contribution in [0.4, 0.5) is 5.69 Å². The normalized spacial score (nSPS) is 22.6. The molecule has 1 heterocycles. The van der Waals surface area contributed by atoms with Gasteiger partial charge in [0.2, 0.25) is 5.91 Å². The molecule has 0 radical (unpaired) electrons. The standard InChI is InChI=1S/C14H20N2O3/c1-10(17)16-6-5-14(18,9-15)8-11-7-12(19-2)3-4-13(11)16/h3-4,7,18H,5-6,8-9,15H2,1-2H3. The SMILES string of the molecule is COc1ccc2c(c1)CC(O)(CN)CCN2C(C)=O. The lowest BCUT2D eigenvalue weighted by atomic mass is 9.92. The molecule has 1 aromatic rings. The number of rotatable bonds is 2. The molecular formula is C14H20N2O3. The van der Waals surface area contributed by atoms with Gasteiger partial charge in [-0.2, -0.15) is 0 Å². The summed E-state index contributed by atoms with van der Waals surface area (Å²) in [7, 11) is 1.59. The maximum Gasteiger partial charge on any atom is 0.223 e. The van der Waals surface area contributed by atoms with Gasteiger partial charge < -0.3 is 20.5 Å². The molecule has 0 bridgehead atoms. The number of carbonyl (C=O) groups is 1. The van der Waals surface area contributed by atoms with Crippen LogP contribution in [0.5, 0.6) is 5.75 Å². The van der Waals surface area contributed by atoms with E-state index in [0.29, 0.717) is 25.1 Å². The molecule has 1 aromatic carbocycles. The third-order valence-corrected chi connectivity index (χ3v) is 3.66. The van der Waals surface area contributed by atoms with Crippen LogP contribution in [0.2, 0.25) is 0 Å². The number of carbonyl (C=O) groups excluding carboxylic acids is 1. The highest BCUT2D eigenvalue weighted by atomic mass is 16.5. The fourth-order valence-electron chi connectivity index (χ4n) is 2.48. The van der Waals surface area contributed by atoms with Crippen LogP contribution >= 0.6 is 0 Å². The maximum absolute atomic E-state index is 11.7. The number of fused-ring (bicyclic) bond motifs is 1. The smallest absolute Gasteiger partial charge is 0.223 e. The predicted molar refractivity (Wildman–Crippen MR) is 73.3 cm³/mol. The summed E-state index contributed by atoms with van der Waals surface area (Å²) < 4.78 is 5.20. The minimum absolute atomic E-state index is 0.0345. The van der Waals surface area contributed by atoms with Gasteiger partial charge in [0.05, 0.1) is 12.7 Å². The van der Waals surface area contributed by atoms with Crippen LogP contribution in [0, 0.1) is 0 Å². The highest BCUT2D eigenvalue weighted by Crippen LogP contribution is 2.33. The summed E-state index contributed by atoms with van der Waals surface area (Å²) in [5, 5.41) is 10.5. The summed E-state index contributed by atoms with van der Waals surface area (Å²) in [5.74, 6) is 0.677. The summed E-state index contributed by atoms with van der Waals surface area (Å²) in [5.41, 5.74) is 6.42. The van der Waals surface area contributed by atoms with Crippen LogP contribution in [-0.4, -0.2) is 36.8 Å². The molecule has 0 spiro atoms. The molecule has 0 fully saturated rings. The van der Waals surface area contributed by atoms with Gasteiger partial charge in [0.1, 0.15) is 5.75 Å². The summed E-state index contributed by atoms with van der Waals surface area (Å²) >= 11 is 0. The zero-order valence-electron chi connectivity index (χ0n) is 11.3. The number of anilines is 1. The lowest BCUT2D eigenvalue weighted by Gasteiger charge is -2.24. The second-order valence-corrected chi connectivity index (χ2v) is 5.02. The first-order chi connectivity index (χ1) is 8.99. The monoisotopic (exact) mass is 264 g/mol. The van der Waals surface area contributed by atoms with Gasteiger partial charge >= 0.3 is 0 Å². The quantitative estimate of drug-likeness (QED) is 0.824. The Bertz CT molecular complexity index is 490. The molecular weight excluding hydrogens is 244 g/mol. The molecule has 3 N–H and O–H groups in total. The number of aliphatic hydroxyl groups is 1. The van der Waals surface area contributed by atoms with Crippen LogP contribution in [0.25, 0.3) is 0 Å². The molecule has 1 aliphatic rings. The van der Waals surface area contributed by atoms with E-state index in [4.69, 9.17) is 10.5 Å². The zero-order chi connectivity index (χ0) is 14.0. The van der Waals surface area contributed by atoms with Gasteiger partial charge in [-0.05, 0) is 30.2 Å². The van der Waals surface area contributed by atoms with Crippen molar-refractivity contribution in [1.82, 2.24) is 0 Å². The van der Waals surface area contributed by atoms with E-state index in [2.05, 4.69) is 0 Å². The summed E-state index contributed by atoms with van der Waals surface area (Å²) in [6.07, 6.45) is 0.903. The Labute approximate surface area is 113 Å². The number of methoxy groups -OCH3 is 1. The maximum atomic E-state index is 11.7. The summed E-state index contributed by atoms with van der Waals surface area (Å²) in [6.45, 7) is 2.18. The fraction of sp³-hybridized carbons (Fsp3) is 0.500. The van der Waals surface area contributed by atoms with Crippen molar-refractivity contribution in [3.63, 3.8) is 0 Å². The van der Waals surface area contributed by atoms with E-state index in [0.717, 1.165) is 11.3 Å². The van der Waals surface area contributed by atoms with E-state index in [-0.39, 0.29) is 12.5 Å². The number of amides is 1. The van der Waals surface area contributed by atoms with Crippen molar-refractivity contribution in [3.05, 3.63) is 23.8 Å². The molecule has 2 rings (SSSR count). The number of ether oxygens (including phenoxy) is 1. The van der Waals surface area contributed by atoms with E-state index >= 15 is 0 Å². The van der Waals surface area contributed by atoms with Crippen molar-refractivity contribution in [2.45, 2.75) is 25.4 Å². The van der Waals surface area contributed by atoms with E-state index < -0.39 is 5.60 Å². The largest absolute Gasteiger partial charge is 0.497 e. The first-order valence-electron chi connectivity index (χ1n) is 6.36. The number of benzene rings is 1. The molecule has 1 atom stereocenters. The Kier molecular flexibility index (Phi) is 3.78. The first-order valence-corrected chi connectivity index (χ1v) is 6.36. The second kappa shape index (κ2) is 5.19. The Morgan fingerprint density at radius 2 is 2.32 bits per heavy atom. The lowest BCUT2D eigenvalue weighted by Crippen LogP contribution is -2.41. The molecule has 1 unspecified atom stereocenters. The zero-order valence-corrected chi connectivity index (χ0v) is 11.3. The third kappa shape index (κ3) is 2.72. The van der Waals surface area contributed by atoms with Crippen molar-refractivity contribution in [3.8, 4) is 5.75 Å². The van der Waals surface area contributed by atoms with Gasteiger partial charge in [-0.15, -0.1) is 0 Å². The molecule has 19 heavy (non-hydrogen) atoms. The Balaban J connectivity index is 2.48. The van der Waals surface area contributed by atoms with Gasteiger partial charge in [-0.1, -0.05) is 0 Å². The minimum atomic E-state index is -0.967. The first kappa shape index (κ1) is 13.8. The van der Waals surface area contributed by atoms with Crippen LogP contribution in [0.15, 0.2) is 18.2 Å². The highest BCUT2D eigenvalue weighted by Gasteiger charge is 2.32. The van der Waals surface area contributed by atoms with Gasteiger partial charge in [-0.25, -0.2) is 0 Å². The minimum Gasteiger partial charge on any atom is -0.497 e. The Hall–Kier alpha value is -1.59. The molecule has 0 saturated heterocycles. The van der Waals surface area contributed by atoms with Crippen molar-refractivity contribution in [2.24, 2.45) is 5.73 Å². The molecule has 0 saturated carbocycles. The third-order valence-electron chi connectivity index (χ3n) is 3.66. The van der Waals surface area contributed by atoms with E-state index in [1.54, 1.807) is 12.0 Å². The Morgan fingerprint density at radius 1 is 1.58 bits per heavy atom. The molecule has 104 valence electrons. The Morgan fingerprint density at radius 3 is 2.89 bits per heavy atom. The van der Waals surface area contributed by atoms with Gasteiger partial charge in [0.25, 0.3) is 0 Å². The number of nitrogens with zero attached hydrogens (tertiary/aromatic N) is 1. The van der Waals surface area contributed by atoms with Crippen LogP contribution < -0.4 is 15.4 Å². The average molecular weight is 264 g/mol. The van der Waals surface area contributed by atoms with E-state index in [9.17, 15) is 9.90 Å². The van der Waals surface area contributed by atoms with Crippen molar-refractivity contribution in [1.29, 1.82) is 0 Å². The highest BCUT2D eigenvalue weighted by molar-refractivity contribution is 5.92. The fourth-order valence-corrected chi connectivity index (χ4v) is 2.48. The second-order valence-electron chi connectivity index (χ2n) is 5.02. The molecule has 5 nitrogen and oxygen atoms in total. The molecule has 1 aliphatic heterocycles. The topological polar surface area (TPSA) is 75.8 Å². The van der Waals surface area contributed by atoms with Gasteiger partial charge in [-0.3, -0.25) is 4.79 Å². The van der Waals surface area contributed by atoms with E-state index in [1.807, 2.05) is 18.2 Å². The number of nitrogens with two attached hydrogens (primary N) is 1.